The van der Waals surface area contributed by atoms with Crippen LogP contribution in [0.5, 0.6) is 0 Å². The van der Waals surface area contributed by atoms with E-state index < -0.39 is 346 Å². The lowest BCUT2D eigenvalue weighted by Crippen LogP contribution is -2.63. The normalized spacial score (nSPS) is 16.5. The maximum absolute atomic E-state index is 14.9. The van der Waals surface area contributed by atoms with E-state index >= 15 is 0 Å². The molecule has 1 aromatic heterocycles. The number of unbranched alkanes of at least 4 members (excludes halogenated alkanes) is 1. The molecule has 0 unspecified atom stereocenters. The van der Waals surface area contributed by atoms with Gasteiger partial charge in [-0.15, -0.1) is 0 Å². The van der Waals surface area contributed by atoms with Crippen LogP contribution in [0.15, 0.2) is 42.9 Å². The van der Waals surface area contributed by atoms with Gasteiger partial charge in [0, 0.05) is 49.2 Å². The first-order chi connectivity index (χ1) is 67.2. The number of nitrogens with zero attached hydrogens (tertiary/aromatic N) is 2. The third kappa shape index (κ3) is 42.0. The molecule has 0 saturated carbocycles. The zero-order chi connectivity index (χ0) is 108. The largest absolute Gasteiger partial charge is 0.481 e. The van der Waals surface area contributed by atoms with Gasteiger partial charge in [0.15, 0.2) is 0 Å². The first kappa shape index (κ1) is 124. The molecule has 2 aromatic rings. The van der Waals surface area contributed by atoms with E-state index in [1.165, 1.54) is 33.9 Å². The van der Waals surface area contributed by atoms with E-state index in [0.29, 0.717) is 5.56 Å². The third-order valence-electron chi connectivity index (χ3n) is 21.9. The second kappa shape index (κ2) is 62.1. The van der Waals surface area contributed by atoms with Crippen LogP contribution < -0.4 is 119 Å². The summed E-state index contributed by atoms with van der Waals surface area (Å²) in [5.74, 6) is -31.3. The molecular formula is C85H135N25O31S2. The molecule has 36 N–H and O–H groups in total. The fourth-order valence-electron chi connectivity index (χ4n) is 14.0. The van der Waals surface area contributed by atoms with Crippen LogP contribution in [0.1, 0.15) is 137 Å². The van der Waals surface area contributed by atoms with Crippen molar-refractivity contribution in [3.8, 4) is 0 Å². The SMILES string of the molecule is CC(C)C[C@H](NC(=O)[C@@H](NC(=O)[C@@H]1CCCN1C(=O)[C@H](Cc1ccccc1)NC(=O)[C@H](CCC(N)=O)NC(=O)[C@@H](NC(=O)[C@H](CC(=O)O)NC(=O)[C@H](CCCCN)NC(=O)[C@@H](NC(=O)[C@H](CO)NC(=O)[C@@H](NC(=O)[C@H](CO)NC(=O)[C@H](CC(N)=O)NC(=O)[C@H](Cc1cnc[nH]1)NC(=O)[C@H](CC(N)=O)NC(=O)[C@H](CS)NC(=O)[C@H](CS)NC(=O)[C@@H](N)CO)[C@@H](C)O)C(C)C)C(C)C)[C@@H](C)O)C(=O)N[C@@H](CO)C(=O)O. The number of primary amides is 3. The highest BCUT2D eigenvalue weighted by Gasteiger charge is 2.45. The number of imidazole rings is 1. The first-order valence-electron chi connectivity index (χ1n) is 45.5. The number of H-pyrrole nitrogens is 1. The molecule has 2 heterocycles. The predicted octanol–water partition coefficient (Wildman–Crippen LogP) is -14.6. The lowest BCUT2D eigenvalue weighted by Gasteiger charge is -2.32. The highest BCUT2D eigenvalue weighted by Crippen LogP contribution is 2.22. The number of rotatable bonds is 65. The van der Waals surface area contributed by atoms with Crippen LogP contribution in [0.25, 0.3) is 0 Å². The Morgan fingerprint density at radius 2 is 0.797 bits per heavy atom. The number of benzene rings is 1. The van der Waals surface area contributed by atoms with Crippen molar-refractivity contribution in [3.05, 3.63) is 54.1 Å². The average molecular weight is 2070 g/mol. The van der Waals surface area contributed by atoms with Crippen LogP contribution in [0.4, 0.5) is 0 Å². The minimum absolute atomic E-state index is 0.0281. The van der Waals surface area contributed by atoms with E-state index in [-0.39, 0.29) is 75.4 Å². The molecule has 1 saturated heterocycles. The minimum atomic E-state index is -2.17. The van der Waals surface area contributed by atoms with Crippen molar-refractivity contribution in [3.63, 3.8) is 0 Å². The Balaban J connectivity index is 1.88. The lowest BCUT2D eigenvalue weighted by atomic mass is 10.00. The Hall–Kier alpha value is -13.4. The van der Waals surface area contributed by atoms with Gasteiger partial charge in [0.25, 0.3) is 0 Å². The van der Waals surface area contributed by atoms with Crippen LogP contribution in [0.2, 0.25) is 0 Å². The summed E-state index contributed by atoms with van der Waals surface area (Å²) in [6.07, 6.45) is -6.46. The molecular weight excluding hydrogens is 1930 g/mol. The number of aromatic amines is 1. The Kier molecular flexibility index (Phi) is 53.8. The number of nitrogens with two attached hydrogens (primary N) is 5. The Bertz CT molecular complexity index is 4720. The van der Waals surface area contributed by atoms with Crippen LogP contribution >= 0.6 is 25.3 Å². The number of carboxylic acid groups (broad SMARTS) is 2. The number of aliphatic hydroxyl groups excluding tert-OH is 6. The number of hydrogen-bond acceptors (Lipinski definition) is 34. The molecule has 1 fully saturated rings. The van der Waals surface area contributed by atoms with Gasteiger partial charge in [-0.2, -0.15) is 25.3 Å². The molecule has 1 aromatic carbocycles. The van der Waals surface area contributed by atoms with E-state index in [0.717, 1.165) is 25.1 Å². The number of aliphatic carboxylic acids is 2. The average Bonchev–Trinajstić information content (AvgIpc) is 1.72. The number of nitrogens with one attached hydrogen (secondary N) is 18. The Morgan fingerprint density at radius 3 is 1.22 bits per heavy atom. The number of thiol groups is 2. The van der Waals surface area contributed by atoms with Gasteiger partial charge in [-0.1, -0.05) is 71.9 Å². The first-order valence-corrected chi connectivity index (χ1v) is 46.7. The number of carboxylic acids is 2. The van der Waals surface area contributed by atoms with Crippen molar-refractivity contribution < 1.29 is 151 Å². The summed E-state index contributed by atoms with van der Waals surface area (Å²) in [5.41, 5.74) is 28.2. The molecule has 0 bridgehead atoms. The van der Waals surface area contributed by atoms with Crippen molar-refractivity contribution in [1.29, 1.82) is 0 Å². The van der Waals surface area contributed by atoms with Gasteiger partial charge < -0.3 is 170 Å². The summed E-state index contributed by atoms with van der Waals surface area (Å²) >= 11 is 8.10. The molecule has 0 aliphatic carbocycles. The third-order valence-corrected chi connectivity index (χ3v) is 22.6. The number of carbonyl (C=O) groups is 23. The number of carbonyl (C=O) groups excluding carboxylic acids is 21. The van der Waals surface area contributed by atoms with Gasteiger partial charge >= 0.3 is 11.9 Å². The van der Waals surface area contributed by atoms with Crippen LogP contribution in [0.3, 0.4) is 0 Å². The number of amides is 21. The molecule has 0 radical (unpaired) electrons. The molecule has 58 heteroatoms. The zero-order valence-electron chi connectivity index (χ0n) is 79.9. The number of aliphatic hydroxyl groups is 6. The lowest BCUT2D eigenvalue weighted by molar-refractivity contribution is -0.144. The quantitative estimate of drug-likeness (QED) is 0.0216. The summed E-state index contributed by atoms with van der Waals surface area (Å²) in [7, 11) is 0. The monoisotopic (exact) mass is 2070 g/mol. The van der Waals surface area contributed by atoms with Crippen molar-refractivity contribution in [1.82, 2.24) is 105 Å². The molecule has 143 heavy (non-hydrogen) atoms. The molecule has 56 nitrogen and oxygen atoms in total. The van der Waals surface area contributed by atoms with E-state index in [1.54, 1.807) is 44.2 Å². The predicted molar refractivity (Wildman–Crippen MR) is 505 cm³/mol. The van der Waals surface area contributed by atoms with Gasteiger partial charge in [0.05, 0.1) is 64.2 Å². The summed E-state index contributed by atoms with van der Waals surface area (Å²) in [4.78, 5) is 321. The van der Waals surface area contributed by atoms with Crippen LogP contribution in [-0.2, 0) is 123 Å². The molecule has 0 spiro atoms. The summed E-state index contributed by atoms with van der Waals surface area (Å²) in [5, 5.41) is 120. The van der Waals surface area contributed by atoms with Crippen LogP contribution in [0, 0.1) is 17.8 Å². The van der Waals surface area contributed by atoms with Gasteiger partial charge in [-0.05, 0) is 88.7 Å². The maximum Gasteiger partial charge on any atom is 0.328 e. The molecule has 798 valence electrons. The number of likely N-dealkylation sites (tertiary alicyclic amines) is 1. The summed E-state index contributed by atoms with van der Waals surface area (Å²) < 4.78 is 0. The van der Waals surface area contributed by atoms with Gasteiger partial charge in [0.1, 0.15) is 115 Å². The second-order valence-electron chi connectivity index (χ2n) is 34.8. The van der Waals surface area contributed by atoms with E-state index in [4.69, 9.17) is 28.7 Å². The molecule has 21 atom stereocenters. The van der Waals surface area contributed by atoms with Gasteiger partial charge in [0.2, 0.25) is 124 Å². The zero-order valence-corrected chi connectivity index (χ0v) is 81.7. The Labute approximate surface area is 831 Å². The fourth-order valence-corrected chi connectivity index (χ4v) is 14.6. The highest BCUT2D eigenvalue weighted by atomic mass is 32.1. The van der Waals surface area contributed by atoms with Crippen molar-refractivity contribution in [2.45, 2.75) is 266 Å². The number of hydrogen-bond donors (Lipinski definition) is 33. The molecule has 1 aliphatic heterocycles. The smallest absolute Gasteiger partial charge is 0.328 e. The summed E-state index contributed by atoms with van der Waals surface area (Å²) in [6, 6.07) is -25.8. The summed E-state index contributed by atoms with van der Waals surface area (Å²) in [6.45, 7) is 6.52. The van der Waals surface area contributed by atoms with E-state index in [2.05, 4.69) is 115 Å². The highest BCUT2D eigenvalue weighted by molar-refractivity contribution is 7.80. The van der Waals surface area contributed by atoms with Crippen molar-refractivity contribution >= 4 is 161 Å². The standard InChI is InChI=1S/C85H135N25O31S2/c1-37(2)23-47(70(125)103-55(33-114)85(140)141)99-82(137)66(41(8)116)109-79(134)58-18-14-22-110(58)84(139)52(24-42-15-10-9-11-16-42)100-69(124)46(19-20-59(88)117)94-81(136)63(38(3)4)106-74(129)51(28-62(120)121)98-68(123)45(17-12-13-21-86)93-80(135)64(39(5)6)107-75(130)54(32-113)102-83(138)65(40(7)115)108-76(131)53(31-112)101-73(128)50(27-61(90)119)96-71(126)48(25-43-29-91-36-92-43)95-72(127)49(26-60(89)118)97-77(132)57(35-143)105-78(133)56(34-142)104-67(122)44(87)30-111/h9-11,15-16,29,36-41,44-58,63-66,111-116,142-143H,12-14,17-28,30-35,86-87H2,1-8H3,(H2,88,117)(H2,89,118)(H2,90,119)(H,91,92)(H,93,135)(H,94,136)(H,95,127)(H,96,126)(H,97,132)(H,98,123)(H,99,137)(H,100,124)(H,101,128)(H,102,138)(H,103,125)(H,104,122)(H,105,133)(H,106,129)(H,107,130)(H,108,131)(H,109,134)(H,120,121)(H,140,141)/t40-,41-,44+,45+,46+,47+,48+,49+,50+,51+,52+,53+,54+,55+,56+,57+,58+,63+,64+,65+,66+/m1/s1. The van der Waals surface area contributed by atoms with Crippen molar-refractivity contribution in [2.75, 3.05) is 51.0 Å². The molecule has 21 amide bonds. The van der Waals surface area contributed by atoms with Gasteiger partial charge in [-0.25, -0.2) is 9.78 Å². The van der Waals surface area contributed by atoms with Gasteiger partial charge in [-0.3, -0.25) is 105 Å². The molecule has 3 rings (SSSR count). The fraction of sp³-hybridized carbons (Fsp3) is 0.624. The van der Waals surface area contributed by atoms with Crippen molar-refractivity contribution in [2.24, 2.45) is 46.4 Å². The molecule has 1 aliphatic rings. The number of aromatic nitrogens is 2. The minimum Gasteiger partial charge on any atom is -0.481 e. The maximum atomic E-state index is 14.9. The topological polar surface area (TPSA) is 921 Å². The Morgan fingerprint density at radius 1 is 0.420 bits per heavy atom. The van der Waals surface area contributed by atoms with Crippen LogP contribution in [-0.4, -0.2) is 370 Å². The van der Waals surface area contributed by atoms with E-state index in [9.17, 15) is 151 Å². The second-order valence-corrected chi connectivity index (χ2v) is 35.5. The van der Waals surface area contributed by atoms with E-state index in [1.807, 2.05) is 10.6 Å².